The van der Waals surface area contributed by atoms with E-state index in [1.807, 2.05) is 72.5 Å². The molecular weight excluding hydrogens is 468 g/mol. The summed E-state index contributed by atoms with van der Waals surface area (Å²) in [5.41, 5.74) is 2.16. The predicted molar refractivity (Wildman–Crippen MR) is 148 cm³/mol. The average Bonchev–Trinajstić information content (AvgIpc) is 2.89. The molecule has 0 atom stereocenters. The number of amides is 2. The largest absolute Gasteiger partial charge is 0.427 e. The summed E-state index contributed by atoms with van der Waals surface area (Å²) in [5.74, 6) is 0.343. The van der Waals surface area contributed by atoms with Gasteiger partial charge in [-0.15, -0.1) is 0 Å². The van der Waals surface area contributed by atoms with E-state index in [9.17, 15) is 9.59 Å². The quantitative estimate of drug-likeness (QED) is 0.149. The third kappa shape index (κ3) is 9.08. The molecule has 0 unspecified atom stereocenters. The number of esters is 1. The molecule has 0 fully saturated rings. The minimum Gasteiger partial charge on any atom is -0.427 e. The second kappa shape index (κ2) is 15.0. The van der Waals surface area contributed by atoms with Gasteiger partial charge < -0.3 is 10.1 Å². The van der Waals surface area contributed by atoms with Crippen LogP contribution in [0.15, 0.2) is 88.7 Å². The van der Waals surface area contributed by atoms with Gasteiger partial charge in [-0.25, -0.2) is 4.79 Å². The number of urea groups is 1. The Kier molecular flexibility index (Phi) is 11.4. The fourth-order valence-corrected chi connectivity index (χ4v) is 4.59. The number of carbonyl (C=O) groups excluding carboxylic acids is 2. The van der Waals surface area contributed by atoms with Gasteiger partial charge in [-0.05, 0) is 73.7 Å². The van der Waals surface area contributed by atoms with E-state index in [1.54, 1.807) is 11.8 Å². The van der Waals surface area contributed by atoms with Gasteiger partial charge in [-0.3, -0.25) is 9.69 Å². The van der Waals surface area contributed by atoms with Crippen molar-refractivity contribution in [1.82, 2.24) is 5.32 Å². The lowest BCUT2D eigenvalue weighted by molar-refractivity contribution is -0.134. The molecule has 2 amide bonds. The number of nitrogens with zero attached hydrogens (tertiary/aromatic N) is 1. The Balaban J connectivity index is 1.68. The molecule has 1 N–H and O–H groups in total. The second-order valence-corrected chi connectivity index (χ2v) is 9.77. The van der Waals surface area contributed by atoms with E-state index in [0.717, 1.165) is 47.6 Å². The molecule has 0 saturated carbocycles. The van der Waals surface area contributed by atoms with Gasteiger partial charge in [0.05, 0.1) is 0 Å². The molecule has 0 saturated heterocycles. The van der Waals surface area contributed by atoms with Gasteiger partial charge in [0.15, 0.2) is 0 Å². The summed E-state index contributed by atoms with van der Waals surface area (Å²) in [5, 5.41) is 3.07. The fraction of sp³-hybridized carbons (Fsp3) is 0.333. The first-order valence-corrected chi connectivity index (χ1v) is 13.6. The Morgan fingerprint density at radius 3 is 2.36 bits per heavy atom. The van der Waals surface area contributed by atoms with Crippen LogP contribution >= 0.6 is 11.8 Å². The summed E-state index contributed by atoms with van der Waals surface area (Å²) in [7, 11) is 0. The zero-order valence-corrected chi connectivity index (χ0v) is 22.1. The molecule has 6 heteroatoms. The molecule has 0 spiro atoms. The van der Waals surface area contributed by atoms with Crippen molar-refractivity contribution < 1.29 is 14.3 Å². The van der Waals surface area contributed by atoms with E-state index < -0.39 is 0 Å². The fourth-order valence-electron chi connectivity index (χ4n) is 3.71. The van der Waals surface area contributed by atoms with E-state index in [0.29, 0.717) is 25.3 Å². The van der Waals surface area contributed by atoms with Crippen molar-refractivity contribution in [2.75, 3.05) is 18.0 Å². The number of ether oxygens (including phenoxy) is 1. The number of hydrogen-bond donors (Lipinski definition) is 1. The molecule has 0 bridgehead atoms. The number of benzene rings is 3. The summed E-state index contributed by atoms with van der Waals surface area (Å²) in [6.07, 6.45) is 4.98. The zero-order chi connectivity index (χ0) is 25.6. The number of unbranched alkanes of at least 4 members (excludes halogenated alkanes) is 1. The summed E-state index contributed by atoms with van der Waals surface area (Å²) in [6.45, 7) is 5.38. The van der Waals surface area contributed by atoms with Crippen LogP contribution in [0, 0.1) is 0 Å². The summed E-state index contributed by atoms with van der Waals surface area (Å²) in [6, 6.07) is 25.9. The molecule has 0 aliphatic carbocycles. The Morgan fingerprint density at radius 2 is 1.64 bits per heavy atom. The molecule has 0 aliphatic rings. The van der Waals surface area contributed by atoms with Crippen LogP contribution in [0.25, 0.3) is 0 Å². The highest BCUT2D eigenvalue weighted by atomic mass is 32.2. The van der Waals surface area contributed by atoms with Crippen LogP contribution in [0.5, 0.6) is 5.75 Å². The number of rotatable bonds is 13. The van der Waals surface area contributed by atoms with Gasteiger partial charge in [0.25, 0.3) is 0 Å². The first-order chi connectivity index (χ1) is 17.6. The maximum absolute atomic E-state index is 13.1. The summed E-state index contributed by atoms with van der Waals surface area (Å²) < 4.78 is 5.35. The van der Waals surface area contributed by atoms with Gasteiger partial charge in [0.1, 0.15) is 5.75 Å². The molecule has 3 aromatic carbocycles. The van der Waals surface area contributed by atoms with E-state index in [2.05, 4.69) is 30.4 Å². The summed E-state index contributed by atoms with van der Waals surface area (Å²) >= 11 is 1.61. The molecule has 36 heavy (non-hydrogen) atoms. The Hall–Kier alpha value is -3.25. The first kappa shape index (κ1) is 27.3. The van der Waals surface area contributed by atoms with Gasteiger partial charge in [0, 0.05) is 35.0 Å². The minimum atomic E-state index is -0.213. The van der Waals surface area contributed by atoms with E-state index >= 15 is 0 Å². The highest BCUT2D eigenvalue weighted by Gasteiger charge is 2.16. The topological polar surface area (TPSA) is 58.6 Å². The van der Waals surface area contributed by atoms with Gasteiger partial charge in [-0.1, -0.05) is 68.4 Å². The second-order valence-electron chi connectivity index (χ2n) is 8.62. The van der Waals surface area contributed by atoms with Gasteiger partial charge in [0.2, 0.25) is 0 Å². The average molecular weight is 505 g/mol. The molecule has 0 aromatic heterocycles. The maximum atomic E-state index is 13.1. The van der Waals surface area contributed by atoms with Crippen molar-refractivity contribution in [2.45, 2.75) is 62.2 Å². The van der Waals surface area contributed by atoms with Crippen molar-refractivity contribution in [3.8, 4) is 5.75 Å². The monoisotopic (exact) mass is 504 g/mol. The SMILES string of the molecule is CCCCNC(=O)N(CCCc1ccccc1)c1cccc(Sc2ccc(OC(=O)CCC)cc2)c1. The van der Waals surface area contributed by atoms with Crippen molar-refractivity contribution >= 4 is 29.4 Å². The molecule has 5 nitrogen and oxygen atoms in total. The van der Waals surface area contributed by atoms with Crippen molar-refractivity contribution in [1.29, 1.82) is 0 Å². The van der Waals surface area contributed by atoms with Crippen LogP contribution in [0.4, 0.5) is 10.5 Å². The lowest BCUT2D eigenvalue weighted by Gasteiger charge is -2.24. The highest BCUT2D eigenvalue weighted by Crippen LogP contribution is 2.31. The van der Waals surface area contributed by atoms with Crippen LogP contribution in [0.2, 0.25) is 0 Å². The molecule has 190 valence electrons. The van der Waals surface area contributed by atoms with Crippen molar-refractivity contribution in [2.24, 2.45) is 0 Å². The first-order valence-electron chi connectivity index (χ1n) is 12.8. The lowest BCUT2D eigenvalue weighted by Crippen LogP contribution is -2.41. The Labute approximate surface area is 219 Å². The van der Waals surface area contributed by atoms with Crippen molar-refractivity contribution in [3.63, 3.8) is 0 Å². The van der Waals surface area contributed by atoms with Crippen molar-refractivity contribution in [3.05, 3.63) is 84.4 Å². The molecule has 3 aromatic rings. The van der Waals surface area contributed by atoms with Crippen LogP contribution < -0.4 is 15.0 Å². The molecular formula is C30H36N2O3S. The van der Waals surface area contributed by atoms with Crippen LogP contribution in [-0.2, 0) is 11.2 Å². The highest BCUT2D eigenvalue weighted by molar-refractivity contribution is 7.99. The third-order valence-corrected chi connectivity index (χ3v) is 6.61. The molecule has 0 radical (unpaired) electrons. The Bertz CT molecular complexity index is 1090. The van der Waals surface area contributed by atoms with Crippen LogP contribution in [0.3, 0.4) is 0 Å². The van der Waals surface area contributed by atoms with E-state index in [1.165, 1.54) is 5.56 Å². The molecule has 3 rings (SSSR count). The molecule has 0 heterocycles. The van der Waals surface area contributed by atoms with Gasteiger partial charge in [-0.2, -0.15) is 0 Å². The number of nitrogens with one attached hydrogen (secondary N) is 1. The predicted octanol–water partition coefficient (Wildman–Crippen LogP) is 7.49. The number of aryl methyl sites for hydroxylation is 1. The normalized spacial score (nSPS) is 10.6. The maximum Gasteiger partial charge on any atom is 0.321 e. The number of hydrogen-bond acceptors (Lipinski definition) is 4. The smallest absolute Gasteiger partial charge is 0.321 e. The standard InChI is InChI=1S/C30H36N2O3S/c1-3-5-21-31-30(34)32(22-10-14-24-12-7-6-8-13-24)25-15-9-16-28(23-25)36-27-19-17-26(18-20-27)35-29(33)11-4-2/h6-9,12-13,15-20,23H,3-5,10-11,14,21-22H2,1-2H3,(H,31,34). The number of anilines is 1. The van der Waals surface area contributed by atoms with Gasteiger partial charge >= 0.3 is 12.0 Å². The van der Waals surface area contributed by atoms with Crippen LogP contribution in [0.1, 0.15) is 51.5 Å². The van der Waals surface area contributed by atoms with E-state index in [4.69, 9.17) is 4.74 Å². The minimum absolute atomic E-state index is 0.0584. The van der Waals surface area contributed by atoms with Crippen LogP contribution in [-0.4, -0.2) is 25.1 Å². The lowest BCUT2D eigenvalue weighted by atomic mass is 10.1. The summed E-state index contributed by atoms with van der Waals surface area (Å²) in [4.78, 5) is 28.7. The molecule has 0 aliphatic heterocycles. The number of carbonyl (C=O) groups is 2. The zero-order valence-electron chi connectivity index (χ0n) is 21.2. The van der Waals surface area contributed by atoms with E-state index in [-0.39, 0.29) is 12.0 Å². The Morgan fingerprint density at radius 1 is 0.861 bits per heavy atom. The third-order valence-electron chi connectivity index (χ3n) is 5.62.